The fourth-order valence-electron chi connectivity index (χ4n) is 1.87. The van der Waals surface area contributed by atoms with Crippen LogP contribution >= 0.6 is 23.4 Å². The van der Waals surface area contributed by atoms with Gasteiger partial charge in [-0.25, -0.2) is 4.79 Å². The van der Waals surface area contributed by atoms with Crippen LogP contribution in [-0.4, -0.2) is 41.5 Å². The molecule has 1 aromatic rings. The molecule has 0 radical (unpaired) electrons. The first-order valence-electron chi connectivity index (χ1n) is 5.67. The van der Waals surface area contributed by atoms with E-state index in [1.54, 1.807) is 22.7 Å². The Morgan fingerprint density at radius 1 is 1.61 bits per heavy atom. The number of aliphatic hydroxyl groups excluding tert-OH is 1. The van der Waals surface area contributed by atoms with Crippen molar-refractivity contribution in [2.75, 3.05) is 24.7 Å². The van der Waals surface area contributed by atoms with E-state index in [0.29, 0.717) is 30.2 Å². The summed E-state index contributed by atoms with van der Waals surface area (Å²) in [5.74, 6) is 0. The Balaban J connectivity index is 2.01. The lowest BCUT2D eigenvalue weighted by molar-refractivity contribution is 0.176. The van der Waals surface area contributed by atoms with E-state index in [9.17, 15) is 9.90 Å². The number of likely N-dealkylation sites (tertiary alicyclic amines) is 1. The first-order chi connectivity index (χ1) is 8.60. The molecule has 1 atom stereocenters. The number of aliphatic hydroxyl groups is 1. The van der Waals surface area contributed by atoms with Crippen LogP contribution in [0.15, 0.2) is 23.1 Å². The third-order valence-electron chi connectivity index (χ3n) is 2.85. The van der Waals surface area contributed by atoms with E-state index in [1.807, 2.05) is 18.4 Å². The van der Waals surface area contributed by atoms with Crippen molar-refractivity contribution in [2.45, 2.75) is 17.4 Å². The summed E-state index contributed by atoms with van der Waals surface area (Å²) in [5, 5.41) is 12.8. The predicted octanol–water partition coefficient (Wildman–Crippen LogP) is 2.66. The number of rotatable bonds is 2. The summed E-state index contributed by atoms with van der Waals surface area (Å²) in [6, 6.07) is 5.24. The maximum absolute atomic E-state index is 11.9. The minimum absolute atomic E-state index is 0.195. The number of carbonyl (C=O) groups excluding carboxylic acids is 1. The lowest BCUT2D eigenvalue weighted by Crippen LogP contribution is -2.33. The molecule has 0 aliphatic carbocycles. The number of nitrogens with zero attached hydrogens (tertiary/aromatic N) is 1. The van der Waals surface area contributed by atoms with E-state index in [0.717, 1.165) is 4.90 Å². The lowest BCUT2D eigenvalue weighted by Gasteiger charge is -2.16. The van der Waals surface area contributed by atoms with Gasteiger partial charge in [-0.1, -0.05) is 11.6 Å². The van der Waals surface area contributed by atoms with Gasteiger partial charge in [-0.15, -0.1) is 11.8 Å². The third-order valence-corrected chi connectivity index (χ3v) is 4.07. The highest BCUT2D eigenvalue weighted by molar-refractivity contribution is 7.98. The molecule has 4 nitrogen and oxygen atoms in total. The molecule has 2 amide bonds. The molecular weight excluding hydrogens is 272 g/mol. The molecule has 98 valence electrons. The van der Waals surface area contributed by atoms with Gasteiger partial charge < -0.3 is 15.3 Å². The predicted molar refractivity (Wildman–Crippen MR) is 74.4 cm³/mol. The van der Waals surface area contributed by atoms with Crippen LogP contribution in [0.2, 0.25) is 5.02 Å². The summed E-state index contributed by atoms with van der Waals surface area (Å²) in [6.07, 6.45) is 2.18. The number of amides is 2. The first-order valence-corrected chi connectivity index (χ1v) is 7.28. The van der Waals surface area contributed by atoms with Crippen LogP contribution in [0.5, 0.6) is 0 Å². The molecule has 1 heterocycles. The van der Waals surface area contributed by atoms with Crippen molar-refractivity contribution < 1.29 is 9.90 Å². The highest BCUT2D eigenvalue weighted by Crippen LogP contribution is 2.28. The van der Waals surface area contributed by atoms with Crippen LogP contribution < -0.4 is 5.32 Å². The maximum atomic E-state index is 11.9. The molecule has 1 unspecified atom stereocenters. The van der Waals surface area contributed by atoms with Crippen molar-refractivity contribution in [1.82, 2.24) is 4.90 Å². The van der Waals surface area contributed by atoms with E-state index < -0.39 is 6.10 Å². The molecule has 1 aromatic carbocycles. The maximum Gasteiger partial charge on any atom is 0.321 e. The molecule has 0 aromatic heterocycles. The van der Waals surface area contributed by atoms with Crippen LogP contribution in [0.4, 0.5) is 10.5 Å². The number of halogens is 1. The molecule has 6 heteroatoms. The molecular formula is C12H15ClN2O2S. The van der Waals surface area contributed by atoms with E-state index in [2.05, 4.69) is 5.32 Å². The SMILES string of the molecule is CSc1ccc(NC(=O)N2CCC(O)C2)cc1Cl. The number of carbonyl (C=O) groups is 1. The summed E-state index contributed by atoms with van der Waals surface area (Å²) >= 11 is 7.63. The number of nitrogens with one attached hydrogen (secondary N) is 1. The quantitative estimate of drug-likeness (QED) is 0.822. The second-order valence-corrected chi connectivity index (χ2v) is 5.42. The smallest absolute Gasteiger partial charge is 0.321 e. The van der Waals surface area contributed by atoms with Gasteiger partial charge in [-0.3, -0.25) is 0 Å². The molecule has 0 saturated carbocycles. The number of urea groups is 1. The van der Waals surface area contributed by atoms with Gasteiger partial charge in [0.2, 0.25) is 0 Å². The molecule has 2 N–H and O–H groups in total. The number of β-amino-alcohol motifs (C(OH)–C–C–N with tert-alkyl or cyclic N) is 1. The van der Waals surface area contributed by atoms with Crippen LogP contribution in [0.3, 0.4) is 0 Å². The van der Waals surface area contributed by atoms with Crippen molar-refractivity contribution >= 4 is 35.1 Å². The van der Waals surface area contributed by atoms with Gasteiger partial charge in [0.05, 0.1) is 11.1 Å². The Hall–Kier alpha value is -0.910. The lowest BCUT2D eigenvalue weighted by atomic mass is 10.3. The summed E-state index contributed by atoms with van der Waals surface area (Å²) in [7, 11) is 0. The zero-order chi connectivity index (χ0) is 13.1. The van der Waals surface area contributed by atoms with Crippen LogP contribution in [0.25, 0.3) is 0 Å². The van der Waals surface area contributed by atoms with E-state index in [1.165, 1.54) is 0 Å². The molecule has 0 spiro atoms. The Morgan fingerprint density at radius 3 is 2.94 bits per heavy atom. The van der Waals surface area contributed by atoms with Gasteiger partial charge in [-0.2, -0.15) is 0 Å². The zero-order valence-corrected chi connectivity index (χ0v) is 11.6. The second kappa shape index (κ2) is 5.82. The third kappa shape index (κ3) is 3.10. The fraction of sp³-hybridized carbons (Fsp3) is 0.417. The number of benzene rings is 1. The molecule has 18 heavy (non-hydrogen) atoms. The first kappa shape index (κ1) is 13.5. The van der Waals surface area contributed by atoms with Crippen LogP contribution in [0, 0.1) is 0 Å². The molecule has 1 aliphatic heterocycles. The van der Waals surface area contributed by atoms with Gasteiger partial charge >= 0.3 is 6.03 Å². The fourth-order valence-corrected chi connectivity index (χ4v) is 2.74. The van der Waals surface area contributed by atoms with Crippen LogP contribution in [0.1, 0.15) is 6.42 Å². The normalized spacial score (nSPS) is 19.1. The molecule has 1 aliphatic rings. The van der Waals surface area contributed by atoms with Crippen molar-refractivity contribution in [1.29, 1.82) is 0 Å². The van der Waals surface area contributed by atoms with Crippen LogP contribution in [-0.2, 0) is 0 Å². The number of hydrogen-bond donors (Lipinski definition) is 2. The number of thioether (sulfide) groups is 1. The highest BCUT2D eigenvalue weighted by atomic mass is 35.5. The van der Waals surface area contributed by atoms with Crippen molar-refractivity contribution in [3.05, 3.63) is 23.2 Å². The van der Waals surface area contributed by atoms with Crippen molar-refractivity contribution in [3.63, 3.8) is 0 Å². The standard InChI is InChI=1S/C12H15ClN2O2S/c1-18-11-3-2-8(6-10(11)13)14-12(17)15-5-4-9(16)7-15/h2-3,6,9,16H,4-5,7H2,1H3,(H,14,17). The Morgan fingerprint density at radius 2 is 2.39 bits per heavy atom. The minimum Gasteiger partial charge on any atom is -0.391 e. The second-order valence-electron chi connectivity index (χ2n) is 4.17. The summed E-state index contributed by atoms with van der Waals surface area (Å²) in [6.45, 7) is 0.978. The number of hydrogen-bond acceptors (Lipinski definition) is 3. The summed E-state index contributed by atoms with van der Waals surface area (Å²) < 4.78 is 0. The molecule has 1 saturated heterocycles. The monoisotopic (exact) mass is 286 g/mol. The Labute approximate surface area is 115 Å². The average Bonchev–Trinajstić information content (AvgIpc) is 2.76. The van der Waals surface area contributed by atoms with Gasteiger partial charge in [0, 0.05) is 23.7 Å². The zero-order valence-electron chi connectivity index (χ0n) is 10.0. The van der Waals surface area contributed by atoms with Gasteiger partial charge in [-0.05, 0) is 30.9 Å². The van der Waals surface area contributed by atoms with Gasteiger partial charge in [0.1, 0.15) is 0 Å². The van der Waals surface area contributed by atoms with Crippen molar-refractivity contribution in [2.24, 2.45) is 0 Å². The van der Waals surface area contributed by atoms with E-state index >= 15 is 0 Å². The summed E-state index contributed by atoms with van der Waals surface area (Å²) in [5.41, 5.74) is 0.671. The largest absolute Gasteiger partial charge is 0.391 e. The highest BCUT2D eigenvalue weighted by Gasteiger charge is 2.24. The molecule has 0 bridgehead atoms. The number of anilines is 1. The Bertz CT molecular complexity index is 456. The topological polar surface area (TPSA) is 52.6 Å². The van der Waals surface area contributed by atoms with E-state index in [-0.39, 0.29) is 6.03 Å². The van der Waals surface area contributed by atoms with E-state index in [4.69, 9.17) is 11.6 Å². The van der Waals surface area contributed by atoms with Crippen molar-refractivity contribution in [3.8, 4) is 0 Å². The van der Waals surface area contributed by atoms with Gasteiger partial charge in [0.15, 0.2) is 0 Å². The minimum atomic E-state index is -0.404. The Kier molecular flexibility index (Phi) is 4.37. The molecule has 2 rings (SSSR count). The molecule has 1 fully saturated rings. The summed E-state index contributed by atoms with van der Waals surface area (Å²) in [4.78, 5) is 14.5. The average molecular weight is 287 g/mol. The van der Waals surface area contributed by atoms with Gasteiger partial charge in [0.25, 0.3) is 0 Å².